The number of aliphatic hydroxyl groups excluding tert-OH is 1. The van der Waals surface area contributed by atoms with Crippen LogP contribution in [-0.2, 0) is 16.6 Å². The monoisotopic (exact) mass is 438 g/mol. The summed E-state index contributed by atoms with van der Waals surface area (Å²) >= 11 is 1.43. The quantitative estimate of drug-likeness (QED) is 0.205. The Balaban J connectivity index is 0.00000145. The first-order chi connectivity index (χ1) is 13.9. The highest BCUT2D eigenvalue weighted by molar-refractivity contribution is 7.98. The van der Waals surface area contributed by atoms with Crippen molar-refractivity contribution in [1.29, 1.82) is 0 Å². The van der Waals surface area contributed by atoms with E-state index < -0.39 is 10.0 Å². The molecule has 11 heteroatoms. The van der Waals surface area contributed by atoms with E-state index in [-0.39, 0.29) is 11.6 Å². The summed E-state index contributed by atoms with van der Waals surface area (Å²) in [5.74, 6) is 0.608. The van der Waals surface area contributed by atoms with Crippen LogP contribution in [0.25, 0.3) is 10.9 Å². The number of H-pyrrole nitrogens is 1. The second-order valence-electron chi connectivity index (χ2n) is 5.72. The van der Waals surface area contributed by atoms with Crippen molar-refractivity contribution in [1.82, 2.24) is 15.0 Å². The van der Waals surface area contributed by atoms with Gasteiger partial charge in [-0.1, -0.05) is 31.7 Å². The fourth-order valence-electron chi connectivity index (χ4n) is 2.51. The van der Waals surface area contributed by atoms with E-state index in [0.717, 1.165) is 11.1 Å². The molecular formula is C18H26N6O3S2. The molecule has 0 amide bonds. The van der Waals surface area contributed by atoms with Gasteiger partial charge in [-0.2, -0.15) is 0 Å². The van der Waals surface area contributed by atoms with E-state index in [1.165, 1.54) is 17.8 Å². The lowest BCUT2D eigenvalue weighted by atomic mass is 10.2. The van der Waals surface area contributed by atoms with Crippen molar-refractivity contribution in [3.05, 3.63) is 36.0 Å². The van der Waals surface area contributed by atoms with Gasteiger partial charge in [0.25, 0.3) is 10.0 Å². The molecule has 6 N–H and O–H groups in total. The molecule has 0 aliphatic carbocycles. The number of aliphatic hydroxyl groups is 1. The smallest absolute Gasteiger partial charge is 0.253 e. The third-order valence-electron chi connectivity index (χ3n) is 3.85. The number of nitrogens with zero attached hydrogens (tertiary/aromatic N) is 2. The highest BCUT2D eigenvalue weighted by Crippen LogP contribution is 2.21. The summed E-state index contributed by atoms with van der Waals surface area (Å²) in [5.41, 5.74) is 2.15. The van der Waals surface area contributed by atoms with Crippen LogP contribution in [0.2, 0.25) is 0 Å². The van der Waals surface area contributed by atoms with Gasteiger partial charge in [-0.25, -0.2) is 23.5 Å². The van der Waals surface area contributed by atoms with E-state index in [9.17, 15) is 13.5 Å². The largest absolute Gasteiger partial charge is 0.391 e. The third kappa shape index (κ3) is 6.07. The lowest BCUT2D eigenvalue weighted by Crippen LogP contribution is -2.16. The number of nitrogens with one attached hydrogen (secondary N) is 3. The fraction of sp³-hybridized carbons (Fsp3) is 0.333. The summed E-state index contributed by atoms with van der Waals surface area (Å²) in [4.78, 5) is 11.3. The van der Waals surface area contributed by atoms with Crippen LogP contribution < -0.4 is 15.8 Å². The maximum absolute atomic E-state index is 11.4. The number of anilines is 2. The molecule has 3 aromatic rings. The number of aromatic nitrogens is 3. The van der Waals surface area contributed by atoms with E-state index in [4.69, 9.17) is 5.14 Å². The molecule has 0 saturated carbocycles. The number of aromatic amines is 1. The van der Waals surface area contributed by atoms with E-state index in [0.29, 0.717) is 35.1 Å². The van der Waals surface area contributed by atoms with Crippen LogP contribution in [-0.4, -0.2) is 47.8 Å². The molecule has 0 radical (unpaired) electrons. The summed E-state index contributed by atoms with van der Waals surface area (Å²) < 4.78 is 22.8. The van der Waals surface area contributed by atoms with E-state index in [1.54, 1.807) is 6.20 Å². The van der Waals surface area contributed by atoms with Crippen LogP contribution >= 0.6 is 11.8 Å². The first-order valence-electron chi connectivity index (χ1n) is 9.05. The number of hydrogen-bond donors (Lipinski definition) is 5. The molecule has 9 nitrogen and oxygen atoms in total. The number of primary sulfonamides is 1. The molecule has 0 aliphatic rings. The summed E-state index contributed by atoms with van der Waals surface area (Å²) in [7, 11) is -3.76. The Kier molecular flexibility index (Phi) is 8.26. The minimum atomic E-state index is -3.76. The van der Waals surface area contributed by atoms with Gasteiger partial charge >= 0.3 is 0 Å². The second-order valence-corrected chi connectivity index (χ2v) is 8.03. The minimum Gasteiger partial charge on any atom is -0.391 e. The summed E-state index contributed by atoms with van der Waals surface area (Å²) in [5, 5.41) is 22.3. The summed E-state index contributed by atoms with van der Waals surface area (Å²) in [6.07, 6.45) is 3.49. The van der Waals surface area contributed by atoms with Crippen LogP contribution in [0.5, 0.6) is 0 Å². The van der Waals surface area contributed by atoms with Crippen LogP contribution in [0.4, 0.5) is 11.5 Å². The van der Waals surface area contributed by atoms with Gasteiger partial charge in [0.1, 0.15) is 10.8 Å². The van der Waals surface area contributed by atoms with Gasteiger partial charge in [-0.3, -0.25) is 0 Å². The fourth-order valence-corrected chi connectivity index (χ4v) is 3.39. The predicted molar refractivity (Wildman–Crippen MR) is 118 cm³/mol. The molecule has 0 spiro atoms. The Labute approximate surface area is 174 Å². The Morgan fingerprint density at radius 3 is 2.59 bits per heavy atom. The molecule has 158 valence electrons. The van der Waals surface area contributed by atoms with Crippen molar-refractivity contribution < 1.29 is 13.5 Å². The molecule has 3 rings (SSSR count). The molecular weight excluding hydrogens is 412 g/mol. The van der Waals surface area contributed by atoms with Gasteiger partial charge in [-0.05, 0) is 24.5 Å². The van der Waals surface area contributed by atoms with Crippen molar-refractivity contribution in [2.75, 3.05) is 30.0 Å². The Morgan fingerprint density at radius 1 is 1.21 bits per heavy atom. The molecule has 2 aromatic heterocycles. The number of fused-ring (bicyclic) bond motifs is 1. The van der Waals surface area contributed by atoms with Crippen molar-refractivity contribution in [3.63, 3.8) is 0 Å². The Morgan fingerprint density at radius 2 is 1.93 bits per heavy atom. The van der Waals surface area contributed by atoms with Crippen LogP contribution in [0.1, 0.15) is 19.4 Å². The van der Waals surface area contributed by atoms with Gasteiger partial charge in [0.05, 0.1) is 6.61 Å². The molecule has 0 atom stereocenters. The van der Waals surface area contributed by atoms with Crippen molar-refractivity contribution in [2.24, 2.45) is 5.14 Å². The molecule has 2 heterocycles. The first-order valence-corrected chi connectivity index (χ1v) is 11.8. The topological polar surface area (TPSA) is 146 Å². The SMILES string of the molecule is CC.CSc1ncc(CO)c(NCCNc2ccc3cc(S(N)(=O)=O)[nH]c3c2)n1. The maximum Gasteiger partial charge on any atom is 0.253 e. The number of nitrogens with two attached hydrogens (primary N) is 1. The van der Waals surface area contributed by atoms with Crippen LogP contribution in [0.3, 0.4) is 0 Å². The van der Waals surface area contributed by atoms with Crippen molar-refractivity contribution in [3.8, 4) is 0 Å². The molecule has 0 saturated heterocycles. The van der Waals surface area contributed by atoms with E-state index >= 15 is 0 Å². The molecule has 0 bridgehead atoms. The normalized spacial score (nSPS) is 11.1. The van der Waals surface area contributed by atoms with Gasteiger partial charge in [0.2, 0.25) is 0 Å². The van der Waals surface area contributed by atoms with Gasteiger partial charge in [0.15, 0.2) is 5.16 Å². The maximum atomic E-state index is 11.4. The zero-order valence-electron chi connectivity index (χ0n) is 16.6. The number of thioether (sulfide) groups is 1. The minimum absolute atomic E-state index is 0.0128. The molecule has 0 aliphatic heterocycles. The first kappa shape index (κ1) is 22.9. The summed E-state index contributed by atoms with van der Waals surface area (Å²) in [6.45, 7) is 5.03. The lowest BCUT2D eigenvalue weighted by molar-refractivity contribution is 0.281. The lowest BCUT2D eigenvalue weighted by Gasteiger charge is -2.11. The predicted octanol–water partition coefficient (Wildman–Crippen LogP) is 2.37. The number of hydrogen-bond acceptors (Lipinski definition) is 8. The highest BCUT2D eigenvalue weighted by atomic mass is 32.2. The van der Waals surface area contributed by atoms with Gasteiger partial charge in [0, 0.05) is 41.4 Å². The van der Waals surface area contributed by atoms with Gasteiger partial charge < -0.3 is 20.7 Å². The van der Waals surface area contributed by atoms with Crippen LogP contribution in [0.15, 0.2) is 40.6 Å². The third-order valence-corrected chi connectivity index (χ3v) is 5.24. The molecule has 1 aromatic carbocycles. The average Bonchev–Trinajstić information content (AvgIpc) is 3.16. The Bertz CT molecular complexity index is 1050. The standard InChI is InChI=1S/C16H20N6O3S2.C2H6/c1-26-16-20-8-11(9-23)15(22-16)19-5-4-18-12-3-2-10-6-14(27(17,24)25)21-13(10)7-12;1-2/h2-3,6-8,18,21,23H,4-5,9H2,1H3,(H2,17,24,25)(H,19,20,22);1-2H3. The van der Waals surface area contributed by atoms with Crippen molar-refractivity contribution >= 4 is 44.2 Å². The van der Waals surface area contributed by atoms with Crippen LogP contribution in [0, 0.1) is 0 Å². The number of rotatable bonds is 8. The Hall–Kier alpha value is -2.34. The average molecular weight is 439 g/mol. The second kappa shape index (κ2) is 10.4. The number of benzene rings is 1. The zero-order valence-corrected chi connectivity index (χ0v) is 18.2. The zero-order chi connectivity index (χ0) is 21.4. The van der Waals surface area contributed by atoms with Crippen molar-refractivity contribution in [2.45, 2.75) is 30.6 Å². The van der Waals surface area contributed by atoms with E-state index in [2.05, 4.69) is 25.6 Å². The molecule has 0 unspecified atom stereocenters. The highest BCUT2D eigenvalue weighted by Gasteiger charge is 2.11. The molecule has 29 heavy (non-hydrogen) atoms. The number of sulfonamides is 1. The summed E-state index contributed by atoms with van der Waals surface area (Å²) in [6, 6.07) is 7.00. The van der Waals surface area contributed by atoms with E-state index in [1.807, 2.05) is 38.3 Å². The van der Waals surface area contributed by atoms with Gasteiger partial charge in [-0.15, -0.1) is 0 Å². The molecule has 0 fully saturated rings.